The van der Waals surface area contributed by atoms with Crippen molar-refractivity contribution in [2.45, 2.75) is 0 Å². The standard InChI is InChI=1S/C48H30N4/c1-49-44-20-9-5-16-37(44)33-28-34(43-22-13-21-42(50-43)32-14-3-2-4-15-32)30-36(29-33)52-47-25-12-8-19-40(47)41-31-35(26-27-48(41)52)51-45-23-10-6-17-38(45)39-18-7-11-24-46(39)51/h2-31H. The van der Waals surface area contributed by atoms with E-state index in [0.29, 0.717) is 5.69 Å². The lowest BCUT2D eigenvalue weighted by Gasteiger charge is -2.15. The molecule has 10 rings (SSSR count). The lowest BCUT2D eigenvalue weighted by Crippen LogP contribution is -1.98. The molecule has 0 bridgehead atoms. The molecule has 0 saturated carbocycles. The van der Waals surface area contributed by atoms with E-state index in [1.807, 2.05) is 42.5 Å². The SMILES string of the molecule is [C-]#[N+]c1ccccc1-c1cc(-c2cccc(-c3ccccc3)n2)cc(-n2c3ccccc3c3cc(-n4c5ccccc5c5ccccc54)ccc32)c1. The van der Waals surface area contributed by atoms with Crippen LogP contribution in [0.5, 0.6) is 0 Å². The molecule has 4 heteroatoms. The molecule has 242 valence electrons. The van der Waals surface area contributed by atoms with Crippen LogP contribution >= 0.6 is 0 Å². The molecule has 0 amide bonds. The van der Waals surface area contributed by atoms with Gasteiger partial charge in [0, 0.05) is 44.0 Å². The first kappa shape index (κ1) is 29.7. The van der Waals surface area contributed by atoms with Crippen LogP contribution in [0.25, 0.3) is 93.5 Å². The maximum atomic E-state index is 7.97. The van der Waals surface area contributed by atoms with E-state index in [-0.39, 0.29) is 0 Å². The number of benzene rings is 7. The molecule has 52 heavy (non-hydrogen) atoms. The van der Waals surface area contributed by atoms with Crippen LogP contribution in [0.15, 0.2) is 182 Å². The highest BCUT2D eigenvalue weighted by atomic mass is 15.0. The molecular formula is C48H30N4. The summed E-state index contributed by atoms with van der Waals surface area (Å²) in [6.07, 6.45) is 0. The van der Waals surface area contributed by atoms with Gasteiger partial charge in [-0.2, -0.15) is 0 Å². The van der Waals surface area contributed by atoms with Gasteiger partial charge in [-0.1, -0.05) is 115 Å². The summed E-state index contributed by atoms with van der Waals surface area (Å²) < 4.78 is 4.73. The third-order valence-electron chi connectivity index (χ3n) is 10.1. The number of pyridine rings is 1. The van der Waals surface area contributed by atoms with Gasteiger partial charge < -0.3 is 9.13 Å². The third-order valence-corrected chi connectivity index (χ3v) is 10.1. The number of nitrogens with zero attached hydrogens (tertiary/aromatic N) is 4. The first-order valence-electron chi connectivity index (χ1n) is 17.4. The second kappa shape index (κ2) is 12.0. The van der Waals surface area contributed by atoms with Crippen LogP contribution in [-0.4, -0.2) is 14.1 Å². The molecule has 0 radical (unpaired) electrons. The lowest BCUT2D eigenvalue weighted by atomic mass is 9.98. The maximum absolute atomic E-state index is 7.97. The molecule has 0 spiro atoms. The monoisotopic (exact) mass is 662 g/mol. The van der Waals surface area contributed by atoms with E-state index in [9.17, 15) is 0 Å². The zero-order chi connectivity index (χ0) is 34.6. The Labute approximate surface area is 300 Å². The number of hydrogen-bond acceptors (Lipinski definition) is 1. The summed E-state index contributed by atoms with van der Waals surface area (Å²) in [6, 6.07) is 63.7. The summed E-state index contributed by atoms with van der Waals surface area (Å²) in [6.45, 7) is 7.97. The van der Waals surface area contributed by atoms with Crippen molar-refractivity contribution in [3.8, 4) is 45.0 Å². The minimum atomic E-state index is 0.620. The zero-order valence-electron chi connectivity index (χ0n) is 28.1. The van der Waals surface area contributed by atoms with E-state index in [1.165, 1.54) is 32.6 Å². The number of aromatic nitrogens is 3. The van der Waals surface area contributed by atoms with Gasteiger partial charge in [-0.15, -0.1) is 0 Å². The van der Waals surface area contributed by atoms with Gasteiger partial charge in [0.05, 0.1) is 40.0 Å². The van der Waals surface area contributed by atoms with Crippen molar-refractivity contribution >= 4 is 49.3 Å². The van der Waals surface area contributed by atoms with E-state index in [0.717, 1.165) is 56.0 Å². The van der Waals surface area contributed by atoms with E-state index in [4.69, 9.17) is 11.6 Å². The van der Waals surface area contributed by atoms with Crippen molar-refractivity contribution in [1.29, 1.82) is 0 Å². The molecule has 0 unspecified atom stereocenters. The summed E-state index contributed by atoms with van der Waals surface area (Å²) in [5, 5.41) is 4.84. The van der Waals surface area contributed by atoms with Gasteiger partial charge >= 0.3 is 0 Å². The Morgan fingerprint density at radius 3 is 1.62 bits per heavy atom. The topological polar surface area (TPSA) is 27.1 Å². The molecule has 0 saturated heterocycles. The first-order valence-corrected chi connectivity index (χ1v) is 17.4. The van der Waals surface area contributed by atoms with Gasteiger partial charge in [0.2, 0.25) is 0 Å². The molecule has 4 nitrogen and oxygen atoms in total. The predicted molar refractivity (Wildman–Crippen MR) is 215 cm³/mol. The van der Waals surface area contributed by atoms with Crippen LogP contribution in [0.4, 0.5) is 5.69 Å². The molecule has 0 aliphatic heterocycles. The van der Waals surface area contributed by atoms with Gasteiger partial charge in [0.1, 0.15) is 0 Å². The number of para-hydroxylation sites is 4. The average molecular weight is 663 g/mol. The third kappa shape index (κ3) is 4.72. The summed E-state index contributed by atoms with van der Waals surface area (Å²) in [4.78, 5) is 9.05. The molecule has 7 aromatic carbocycles. The molecular weight excluding hydrogens is 633 g/mol. The summed E-state index contributed by atoms with van der Waals surface area (Å²) in [5.41, 5.74) is 13.1. The van der Waals surface area contributed by atoms with Crippen LogP contribution in [-0.2, 0) is 0 Å². The second-order valence-corrected chi connectivity index (χ2v) is 13.1. The quantitative estimate of drug-likeness (QED) is 0.169. The first-order chi connectivity index (χ1) is 25.7. The second-order valence-electron chi connectivity index (χ2n) is 13.1. The van der Waals surface area contributed by atoms with Gasteiger partial charge in [0.15, 0.2) is 5.69 Å². The fourth-order valence-corrected chi connectivity index (χ4v) is 7.80. The van der Waals surface area contributed by atoms with E-state index >= 15 is 0 Å². The Balaban J connectivity index is 1.23. The zero-order valence-corrected chi connectivity index (χ0v) is 28.1. The molecule has 0 aliphatic rings. The van der Waals surface area contributed by atoms with Gasteiger partial charge in [-0.05, 0) is 77.9 Å². The van der Waals surface area contributed by atoms with Gasteiger partial charge in [0.25, 0.3) is 0 Å². The Hall–Kier alpha value is -7.22. The summed E-state index contributed by atoms with van der Waals surface area (Å²) >= 11 is 0. The van der Waals surface area contributed by atoms with Crippen LogP contribution in [0, 0.1) is 6.57 Å². The fraction of sp³-hybridized carbons (Fsp3) is 0. The number of hydrogen-bond donors (Lipinski definition) is 0. The lowest BCUT2D eigenvalue weighted by molar-refractivity contribution is 1.16. The number of fused-ring (bicyclic) bond motifs is 6. The average Bonchev–Trinajstić information content (AvgIpc) is 3.74. The van der Waals surface area contributed by atoms with Crippen LogP contribution < -0.4 is 0 Å². The van der Waals surface area contributed by atoms with Crippen molar-refractivity contribution in [3.63, 3.8) is 0 Å². The molecule has 0 fully saturated rings. The van der Waals surface area contributed by atoms with Crippen molar-refractivity contribution < 1.29 is 0 Å². The van der Waals surface area contributed by atoms with Gasteiger partial charge in [-0.25, -0.2) is 9.83 Å². The Morgan fingerprint density at radius 2 is 0.923 bits per heavy atom. The normalized spacial score (nSPS) is 11.4. The Kier molecular flexibility index (Phi) is 6.84. The highest BCUT2D eigenvalue weighted by Gasteiger charge is 2.18. The van der Waals surface area contributed by atoms with E-state index in [1.54, 1.807) is 0 Å². The molecule has 3 aromatic heterocycles. The van der Waals surface area contributed by atoms with Crippen molar-refractivity contribution in [2.75, 3.05) is 0 Å². The molecule has 0 atom stereocenters. The molecule has 3 heterocycles. The summed E-state index contributed by atoms with van der Waals surface area (Å²) in [7, 11) is 0. The van der Waals surface area contributed by atoms with E-state index < -0.39 is 0 Å². The Morgan fingerprint density at radius 1 is 0.385 bits per heavy atom. The summed E-state index contributed by atoms with van der Waals surface area (Å²) in [5.74, 6) is 0. The Bertz CT molecular complexity index is 2980. The minimum absolute atomic E-state index is 0.620. The molecule has 10 aromatic rings. The van der Waals surface area contributed by atoms with Gasteiger partial charge in [-0.3, -0.25) is 0 Å². The van der Waals surface area contributed by atoms with Crippen LogP contribution in [0.1, 0.15) is 0 Å². The maximum Gasteiger partial charge on any atom is 0.194 e. The fourth-order valence-electron chi connectivity index (χ4n) is 7.80. The minimum Gasteiger partial charge on any atom is -0.309 e. The van der Waals surface area contributed by atoms with Crippen molar-refractivity contribution in [1.82, 2.24) is 14.1 Å². The highest BCUT2D eigenvalue weighted by Crippen LogP contribution is 2.40. The van der Waals surface area contributed by atoms with E-state index in [2.05, 4.69) is 154 Å². The molecule has 0 N–H and O–H groups in total. The number of rotatable bonds is 5. The van der Waals surface area contributed by atoms with Crippen molar-refractivity contribution in [2.24, 2.45) is 0 Å². The van der Waals surface area contributed by atoms with Crippen molar-refractivity contribution in [3.05, 3.63) is 193 Å². The van der Waals surface area contributed by atoms with Crippen LogP contribution in [0.3, 0.4) is 0 Å². The molecule has 0 aliphatic carbocycles. The predicted octanol–water partition coefficient (Wildman–Crippen LogP) is 12.8. The van der Waals surface area contributed by atoms with Crippen LogP contribution in [0.2, 0.25) is 0 Å². The highest BCUT2D eigenvalue weighted by molar-refractivity contribution is 6.12. The smallest absolute Gasteiger partial charge is 0.194 e. The largest absolute Gasteiger partial charge is 0.309 e.